The van der Waals surface area contributed by atoms with Crippen molar-refractivity contribution in [3.8, 4) is 0 Å². The Hall–Kier alpha value is -1.58. The first-order valence-electron chi connectivity index (χ1n) is 8.53. The van der Waals surface area contributed by atoms with Gasteiger partial charge < -0.3 is 9.64 Å². The molecule has 0 radical (unpaired) electrons. The highest BCUT2D eigenvalue weighted by molar-refractivity contribution is 7.90. The van der Waals surface area contributed by atoms with Crippen LogP contribution in [0.25, 0.3) is 0 Å². The van der Waals surface area contributed by atoms with Crippen molar-refractivity contribution in [3.05, 3.63) is 18.2 Å². The number of morpholine rings is 1. The fourth-order valence-corrected chi connectivity index (χ4v) is 4.30. The van der Waals surface area contributed by atoms with E-state index in [0.29, 0.717) is 45.1 Å². The SMILES string of the molecule is CS(=O)(=O)c1cncnc1[C@H]1CCCN(CC(=O)N2CCOCC2)C1. The summed E-state index contributed by atoms with van der Waals surface area (Å²) in [5.41, 5.74) is 0.570. The summed E-state index contributed by atoms with van der Waals surface area (Å²) in [6, 6.07) is 0. The third-order valence-corrected chi connectivity index (χ3v) is 5.84. The molecule has 0 unspecified atom stereocenters. The first-order chi connectivity index (χ1) is 11.9. The Kier molecular flexibility index (Phi) is 5.65. The number of amides is 1. The summed E-state index contributed by atoms with van der Waals surface area (Å²) in [7, 11) is -3.37. The predicted octanol–water partition coefficient (Wildman–Crippen LogP) is -0.0817. The largest absolute Gasteiger partial charge is 0.378 e. The Morgan fingerprint density at radius 3 is 2.80 bits per heavy atom. The highest BCUT2D eigenvalue weighted by Gasteiger charge is 2.29. The van der Waals surface area contributed by atoms with Crippen molar-refractivity contribution in [2.24, 2.45) is 0 Å². The van der Waals surface area contributed by atoms with Crippen molar-refractivity contribution in [3.63, 3.8) is 0 Å². The lowest BCUT2D eigenvalue weighted by molar-refractivity contribution is -0.136. The van der Waals surface area contributed by atoms with Crippen LogP contribution in [0.3, 0.4) is 0 Å². The van der Waals surface area contributed by atoms with Gasteiger partial charge in [-0.1, -0.05) is 0 Å². The molecule has 2 aliphatic rings. The first-order valence-corrected chi connectivity index (χ1v) is 10.4. The average molecular weight is 368 g/mol. The van der Waals surface area contributed by atoms with Crippen LogP contribution in [0, 0.1) is 0 Å². The van der Waals surface area contributed by atoms with Gasteiger partial charge in [-0.25, -0.2) is 18.4 Å². The van der Waals surface area contributed by atoms with Crippen molar-refractivity contribution in [1.29, 1.82) is 0 Å². The van der Waals surface area contributed by atoms with Crippen molar-refractivity contribution in [1.82, 2.24) is 19.8 Å². The minimum Gasteiger partial charge on any atom is -0.378 e. The van der Waals surface area contributed by atoms with Gasteiger partial charge in [0, 0.05) is 38.0 Å². The number of carbonyl (C=O) groups is 1. The Balaban J connectivity index is 1.68. The van der Waals surface area contributed by atoms with Gasteiger partial charge in [0.1, 0.15) is 11.2 Å². The van der Waals surface area contributed by atoms with E-state index in [9.17, 15) is 13.2 Å². The van der Waals surface area contributed by atoms with Crippen molar-refractivity contribution < 1.29 is 17.9 Å². The summed E-state index contributed by atoms with van der Waals surface area (Å²) in [6.07, 6.45) is 5.71. The molecule has 9 heteroatoms. The average Bonchev–Trinajstić information content (AvgIpc) is 2.62. The Labute approximate surface area is 148 Å². The van der Waals surface area contributed by atoms with Crippen LogP contribution >= 0.6 is 0 Å². The van der Waals surface area contributed by atoms with Gasteiger partial charge in [0.25, 0.3) is 0 Å². The molecule has 2 fully saturated rings. The minimum atomic E-state index is -3.37. The summed E-state index contributed by atoms with van der Waals surface area (Å²) in [5, 5.41) is 0. The number of rotatable bonds is 4. The molecule has 138 valence electrons. The Bertz CT molecular complexity index is 719. The summed E-state index contributed by atoms with van der Waals surface area (Å²) in [5.74, 6) is 0.105. The molecule has 1 aromatic rings. The third-order valence-electron chi connectivity index (χ3n) is 4.72. The second-order valence-electron chi connectivity index (χ2n) is 6.61. The normalized spacial score (nSPS) is 22.8. The molecule has 0 spiro atoms. The fraction of sp³-hybridized carbons (Fsp3) is 0.688. The smallest absolute Gasteiger partial charge is 0.236 e. The first kappa shape index (κ1) is 18.2. The molecule has 0 aromatic carbocycles. The number of nitrogens with zero attached hydrogens (tertiary/aromatic N) is 4. The number of sulfone groups is 1. The van der Waals surface area contributed by atoms with Crippen molar-refractivity contribution in [2.45, 2.75) is 23.7 Å². The van der Waals surface area contributed by atoms with Gasteiger partial charge in [0.15, 0.2) is 9.84 Å². The number of likely N-dealkylation sites (tertiary alicyclic amines) is 1. The second kappa shape index (κ2) is 7.76. The highest BCUT2D eigenvalue weighted by Crippen LogP contribution is 2.29. The Morgan fingerprint density at radius 1 is 1.32 bits per heavy atom. The van der Waals surface area contributed by atoms with Gasteiger partial charge in [0.05, 0.1) is 25.5 Å². The van der Waals surface area contributed by atoms with E-state index in [4.69, 9.17) is 4.74 Å². The lowest BCUT2D eigenvalue weighted by Gasteiger charge is -2.34. The number of hydrogen-bond donors (Lipinski definition) is 0. The van der Waals surface area contributed by atoms with E-state index >= 15 is 0 Å². The van der Waals surface area contributed by atoms with E-state index in [0.717, 1.165) is 19.4 Å². The van der Waals surface area contributed by atoms with Gasteiger partial charge in [-0.3, -0.25) is 9.69 Å². The predicted molar refractivity (Wildman–Crippen MR) is 91.0 cm³/mol. The van der Waals surface area contributed by atoms with Crippen molar-refractivity contribution in [2.75, 3.05) is 52.2 Å². The van der Waals surface area contributed by atoms with Crippen LogP contribution in [-0.4, -0.2) is 86.3 Å². The molecule has 3 heterocycles. The number of ether oxygens (including phenoxy) is 1. The van der Waals surface area contributed by atoms with Gasteiger partial charge in [-0.15, -0.1) is 0 Å². The third kappa shape index (κ3) is 4.53. The molecule has 0 saturated carbocycles. The van der Waals surface area contributed by atoms with Gasteiger partial charge in [-0.05, 0) is 19.4 Å². The second-order valence-corrected chi connectivity index (χ2v) is 8.60. The Morgan fingerprint density at radius 2 is 2.08 bits per heavy atom. The van der Waals surface area contributed by atoms with Crippen LogP contribution in [0.4, 0.5) is 0 Å². The number of carbonyl (C=O) groups excluding carboxylic acids is 1. The molecule has 0 bridgehead atoms. The van der Waals surface area contributed by atoms with Crippen LogP contribution in [-0.2, 0) is 19.4 Å². The van der Waals surface area contributed by atoms with Gasteiger partial charge in [0.2, 0.25) is 5.91 Å². The summed E-state index contributed by atoms with van der Waals surface area (Å²) in [4.78, 5) is 24.7. The lowest BCUT2D eigenvalue weighted by Crippen LogP contribution is -2.47. The molecular formula is C16H24N4O4S. The molecule has 1 atom stereocenters. The number of piperidine rings is 1. The van der Waals surface area contributed by atoms with Crippen LogP contribution in [0.5, 0.6) is 0 Å². The molecule has 0 aliphatic carbocycles. The van der Waals surface area contributed by atoms with E-state index in [2.05, 4.69) is 14.9 Å². The van der Waals surface area contributed by atoms with E-state index in [1.807, 2.05) is 4.90 Å². The molecule has 8 nitrogen and oxygen atoms in total. The molecule has 1 aromatic heterocycles. The quantitative estimate of drug-likeness (QED) is 0.734. The standard InChI is InChI=1S/C16H24N4O4S/c1-25(22,23)14-9-17-12-18-16(14)13-3-2-4-19(10-13)11-15(21)20-5-7-24-8-6-20/h9,12-13H,2-8,10-11H2,1H3/t13-/m0/s1. The van der Waals surface area contributed by atoms with Gasteiger partial charge in [-0.2, -0.15) is 0 Å². The maximum absolute atomic E-state index is 12.4. The maximum atomic E-state index is 12.4. The van der Waals surface area contributed by atoms with Crippen LogP contribution in [0.2, 0.25) is 0 Å². The summed E-state index contributed by atoms with van der Waals surface area (Å²) >= 11 is 0. The minimum absolute atomic E-state index is 0.000959. The zero-order chi connectivity index (χ0) is 17.9. The van der Waals surface area contributed by atoms with Crippen LogP contribution in [0.15, 0.2) is 17.4 Å². The lowest BCUT2D eigenvalue weighted by atomic mass is 9.94. The number of aromatic nitrogens is 2. The molecule has 25 heavy (non-hydrogen) atoms. The van der Waals surface area contributed by atoms with E-state index in [1.165, 1.54) is 18.8 Å². The monoisotopic (exact) mass is 368 g/mol. The highest BCUT2D eigenvalue weighted by atomic mass is 32.2. The van der Waals surface area contributed by atoms with Gasteiger partial charge >= 0.3 is 0 Å². The maximum Gasteiger partial charge on any atom is 0.236 e. The number of hydrogen-bond acceptors (Lipinski definition) is 7. The van der Waals surface area contributed by atoms with Crippen LogP contribution < -0.4 is 0 Å². The molecule has 1 amide bonds. The van der Waals surface area contributed by atoms with Crippen molar-refractivity contribution >= 4 is 15.7 Å². The fourth-order valence-electron chi connectivity index (χ4n) is 3.44. The molecule has 2 aliphatic heterocycles. The summed E-state index contributed by atoms with van der Waals surface area (Å²) < 4.78 is 29.3. The van der Waals surface area contributed by atoms with E-state index in [1.54, 1.807) is 0 Å². The van der Waals surface area contributed by atoms with E-state index in [-0.39, 0.29) is 16.7 Å². The molecule has 2 saturated heterocycles. The topological polar surface area (TPSA) is 92.7 Å². The zero-order valence-corrected chi connectivity index (χ0v) is 15.2. The van der Waals surface area contributed by atoms with E-state index < -0.39 is 9.84 Å². The zero-order valence-electron chi connectivity index (χ0n) is 14.4. The summed E-state index contributed by atoms with van der Waals surface area (Å²) in [6.45, 7) is 4.29. The molecular weight excluding hydrogens is 344 g/mol. The van der Waals surface area contributed by atoms with Crippen LogP contribution in [0.1, 0.15) is 24.5 Å². The molecule has 0 N–H and O–H groups in total. The molecule has 3 rings (SSSR count).